The zero-order valence-electron chi connectivity index (χ0n) is 19.7. The van der Waals surface area contributed by atoms with Gasteiger partial charge in [0.2, 0.25) is 0 Å². The van der Waals surface area contributed by atoms with Gasteiger partial charge in [-0.3, -0.25) is 4.90 Å². The van der Waals surface area contributed by atoms with Crippen molar-refractivity contribution in [1.82, 2.24) is 10.2 Å². The summed E-state index contributed by atoms with van der Waals surface area (Å²) in [5, 5.41) is 4.92. The Morgan fingerprint density at radius 3 is 2.31 bits per heavy atom. The summed E-state index contributed by atoms with van der Waals surface area (Å²) in [6, 6.07) is 22.7. The van der Waals surface area contributed by atoms with Gasteiger partial charge >= 0.3 is 0 Å². The van der Waals surface area contributed by atoms with Gasteiger partial charge in [0.15, 0.2) is 11.5 Å². The summed E-state index contributed by atoms with van der Waals surface area (Å²) < 4.78 is 11.5. The summed E-state index contributed by atoms with van der Waals surface area (Å²) in [5.41, 5.74) is 3.44. The molecule has 0 amide bonds. The van der Waals surface area contributed by atoms with Gasteiger partial charge in [-0.2, -0.15) is 0 Å². The molecular weight excluding hydrogens is 526 g/mol. The Labute approximate surface area is 230 Å². The van der Waals surface area contributed by atoms with Gasteiger partial charge < -0.3 is 14.8 Å². The molecule has 0 bridgehead atoms. The zero-order chi connectivity index (χ0) is 23.0. The Morgan fingerprint density at radius 1 is 0.886 bits per heavy atom. The number of nitrogens with zero attached hydrogens (tertiary/aromatic N) is 1. The number of benzene rings is 3. The Bertz CT molecular complexity index is 1040. The van der Waals surface area contributed by atoms with E-state index in [1.54, 1.807) is 13.2 Å². The maximum absolute atomic E-state index is 6.25. The largest absolute Gasteiger partial charge is 0.493 e. The van der Waals surface area contributed by atoms with Crippen LogP contribution in [0, 0.1) is 0 Å². The van der Waals surface area contributed by atoms with E-state index in [2.05, 4.69) is 46.6 Å². The molecule has 8 heteroatoms. The van der Waals surface area contributed by atoms with Gasteiger partial charge in [-0.15, -0.1) is 24.8 Å². The molecular formula is C27H32Cl4N2O2. The van der Waals surface area contributed by atoms with Gasteiger partial charge in [-0.25, -0.2) is 0 Å². The third kappa shape index (κ3) is 8.75. The van der Waals surface area contributed by atoms with E-state index in [4.69, 9.17) is 32.7 Å². The standard InChI is InChI=1S/C27H30Cl2N2O2.2ClH/c1-32-27-15-21(7-10-26(27)33-19-22-8-9-23(28)16-25(22)29)17-30-24-11-13-31(14-12-24)18-20-5-3-2-4-6-20;;/h2-10,15-16,24,30H,11-14,17-19H2,1H3;2*1H. The number of rotatable bonds is 9. The van der Waals surface area contributed by atoms with Crippen molar-refractivity contribution in [2.75, 3.05) is 20.2 Å². The molecule has 4 nitrogen and oxygen atoms in total. The van der Waals surface area contributed by atoms with Crippen molar-refractivity contribution in [2.45, 2.75) is 38.6 Å². The molecule has 0 saturated carbocycles. The van der Waals surface area contributed by atoms with Crippen molar-refractivity contribution in [3.05, 3.63) is 93.5 Å². The summed E-state index contributed by atoms with van der Waals surface area (Å²) in [5.74, 6) is 1.42. The topological polar surface area (TPSA) is 33.7 Å². The average Bonchev–Trinajstić information content (AvgIpc) is 2.84. The molecule has 3 aromatic carbocycles. The summed E-state index contributed by atoms with van der Waals surface area (Å²) in [6.45, 7) is 4.44. The lowest BCUT2D eigenvalue weighted by molar-refractivity contribution is 0.190. The number of hydrogen-bond donors (Lipinski definition) is 1. The van der Waals surface area contributed by atoms with Crippen LogP contribution in [0.1, 0.15) is 29.5 Å². The van der Waals surface area contributed by atoms with Crippen LogP contribution in [0.5, 0.6) is 11.5 Å². The van der Waals surface area contributed by atoms with Gasteiger partial charge in [0, 0.05) is 34.7 Å². The Balaban J connectivity index is 0.00000216. The lowest BCUT2D eigenvalue weighted by Crippen LogP contribution is -2.41. The number of halogens is 4. The Hall–Kier alpha value is -1.66. The van der Waals surface area contributed by atoms with Gasteiger partial charge in [0.25, 0.3) is 0 Å². The molecule has 0 unspecified atom stereocenters. The molecule has 1 N–H and O–H groups in total. The highest BCUT2D eigenvalue weighted by atomic mass is 35.5. The molecule has 0 aliphatic carbocycles. The number of likely N-dealkylation sites (tertiary alicyclic amines) is 1. The van der Waals surface area contributed by atoms with Crippen molar-refractivity contribution >= 4 is 48.0 Å². The summed E-state index contributed by atoms with van der Waals surface area (Å²) in [7, 11) is 1.66. The number of piperidine rings is 1. The maximum atomic E-state index is 6.25. The van der Waals surface area contributed by atoms with E-state index >= 15 is 0 Å². The number of methoxy groups -OCH3 is 1. The lowest BCUT2D eigenvalue weighted by Gasteiger charge is -2.32. The molecule has 0 spiro atoms. The molecule has 1 aliphatic heterocycles. The van der Waals surface area contributed by atoms with Crippen molar-refractivity contribution in [3.8, 4) is 11.5 Å². The van der Waals surface area contributed by atoms with Crippen LogP contribution in [0.3, 0.4) is 0 Å². The van der Waals surface area contributed by atoms with Crippen molar-refractivity contribution in [1.29, 1.82) is 0 Å². The maximum Gasteiger partial charge on any atom is 0.161 e. The van der Waals surface area contributed by atoms with E-state index in [1.807, 2.05) is 24.3 Å². The van der Waals surface area contributed by atoms with E-state index < -0.39 is 0 Å². The van der Waals surface area contributed by atoms with Crippen LogP contribution in [0.4, 0.5) is 0 Å². The van der Waals surface area contributed by atoms with Crippen molar-refractivity contribution in [3.63, 3.8) is 0 Å². The zero-order valence-corrected chi connectivity index (χ0v) is 22.9. The van der Waals surface area contributed by atoms with E-state index in [0.717, 1.165) is 50.3 Å². The van der Waals surface area contributed by atoms with Crippen molar-refractivity contribution in [2.24, 2.45) is 0 Å². The second-order valence-corrected chi connectivity index (χ2v) is 9.27. The molecule has 1 heterocycles. The monoisotopic (exact) mass is 556 g/mol. The second kappa shape index (κ2) is 14.8. The molecule has 3 aromatic rings. The molecule has 0 aromatic heterocycles. The minimum absolute atomic E-state index is 0. The summed E-state index contributed by atoms with van der Waals surface area (Å²) in [6.07, 6.45) is 2.32. The van der Waals surface area contributed by atoms with Gasteiger partial charge in [0.05, 0.1) is 7.11 Å². The second-order valence-electron chi connectivity index (χ2n) is 8.43. The molecule has 190 valence electrons. The SMILES string of the molecule is COc1cc(CNC2CCN(Cc3ccccc3)CC2)ccc1OCc1ccc(Cl)cc1Cl.Cl.Cl. The van der Waals surface area contributed by atoms with E-state index in [1.165, 1.54) is 11.1 Å². The summed E-state index contributed by atoms with van der Waals surface area (Å²) in [4.78, 5) is 2.54. The Morgan fingerprint density at radius 2 is 1.63 bits per heavy atom. The number of nitrogens with one attached hydrogen (secondary N) is 1. The van der Waals surface area contributed by atoms with Crippen LogP contribution < -0.4 is 14.8 Å². The highest BCUT2D eigenvalue weighted by molar-refractivity contribution is 6.35. The molecule has 0 atom stereocenters. The fourth-order valence-corrected chi connectivity index (χ4v) is 4.60. The smallest absolute Gasteiger partial charge is 0.161 e. The first kappa shape index (κ1) is 29.6. The van der Waals surface area contributed by atoms with E-state index in [0.29, 0.717) is 28.4 Å². The molecule has 1 fully saturated rings. The van der Waals surface area contributed by atoms with E-state index in [-0.39, 0.29) is 24.8 Å². The van der Waals surface area contributed by atoms with Gasteiger partial charge in [-0.05, 0) is 61.3 Å². The van der Waals surface area contributed by atoms with Gasteiger partial charge in [-0.1, -0.05) is 65.7 Å². The molecule has 35 heavy (non-hydrogen) atoms. The van der Waals surface area contributed by atoms with Crippen LogP contribution in [0.25, 0.3) is 0 Å². The van der Waals surface area contributed by atoms with E-state index in [9.17, 15) is 0 Å². The number of hydrogen-bond acceptors (Lipinski definition) is 4. The fourth-order valence-electron chi connectivity index (χ4n) is 4.13. The first-order chi connectivity index (χ1) is 16.1. The van der Waals surface area contributed by atoms with Crippen LogP contribution in [-0.4, -0.2) is 31.1 Å². The molecule has 1 saturated heterocycles. The quantitative estimate of drug-likeness (QED) is 0.302. The Kier molecular flexibility index (Phi) is 12.5. The molecule has 4 rings (SSSR count). The molecule has 0 radical (unpaired) electrons. The van der Waals surface area contributed by atoms with Gasteiger partial charge in [0.1, 0.15) is 6.61 Å². The predicted molar refractivity (Wildman–Crippen MR) is 150 cm³/mol. The predicted octanol–water partition coefficient (Wildman–Crippen LogP) is 7.18. The minimum atomic E-state index is 0. The van der Waals surface area contributed by atoms with Crippen LogP contribution >= 0.6 is 48.0 Å². The number of ether oxygens (including phenoxy) is 2. The van der Waals surface area contributed by atoms with Crippen LogP contribution in [0.2, 0.25) is 10.0 Å². The van der Waals surface area contributed by atoms with Crippen LogP contribution in [0.15, 0.2) is 66.7 Å². The highest BCUT2D eigenvalue weighted by Gasteiger charge is 2.19. The third-order valence-electron chi connectivity index (χ3n) is 6.06. The third-order valence-corrected chi connectivity index (χ3v) is 6.64. The fraction of sp³-hybridized carbons (Fsp3) is 0.333. The van der Waals surface area contributed by atoms with Crippen molar-refractivity contribution < 1.29 is 9.47 Å². The first-order valence-corrected chi connectivity index (χ1v) is 12.1. The normalized spacial score (nSPS) is 14.0. The highest BCUT2D eigenvalue weighted by Crippen LogP contribution is 2.30. The van der Waals surface area contributed by atoms with Crippen LogP contribution in [-0.2, 0) is 19.7 Å². The average molecular weight is 558 g/mol. The minimum Gasteiger partial charge on any atom is -0.493 e. The summed E-state index contributed by atoms with van der Waals surface area (Å²) >= 11 is 12.2. The molecule has 1 aliphatic rings. The first-order valence-electron chi connectivity index (χ1n) is 11.3. The lowest BCUT2D eigenvalue weighted by atomic mass is 10.0.